The third-order valence-corrected chi connectivity index (χ3v) is 5.28. The monoisotopic (exact) mass is 359 g/mol. The highest BCUT2D eigenvalue weighted by Gasteiger charge is 2.10. The Morgan fingerprint density at radius 2 is 1.00 bits per heavy atom. The summed E-state index contributed by atoms with van der Waals surface area (Å²) in [6, 6.07) is 34.6. The number of aromatic nitrogens is 1. The van der Waals surface area contributed by atoms with Crippen LogP contribution in [0.1, 0.15) is 16.7 Å². The Balaban J connectivity index is 1.55. The molecule has 0 saturated carbocycles. The van der Waals surface area contributed by atoms with Gasteiger partial charge < -0.3 is 4.57 Å². The Morgan fingerprint density at radius 3 is 1.54 bits per heavy atom. The van der Waals surface area contributed by atoms with Gasteiger partial charge in [0.2, 0.25) is 0 Å². The fourth-order valence-electron chi connectivity index (χ4n) is 3.81. The molecular formula is C27H21N. The molecule has 0 aliphatic carbocycles. The number of rotatable bonds is 3. The Morgan fingerprint density at radius 1 is 0.536 bits per heavy atom. The third-order valence-electron chi connectivity index (χ3n) is 5.28. The molecule has 1 heteroatoms. The van der Waals surface area contributed by atoms with Gasteiger partial charge in [0.1, 0.15) is 0 Å². The maximum absolute atomic E-state index is 2.35. The summed E-state index contributed by atoms with van der Waals surface area (Å²) in [7, 11) is 0. The molecule has 0 aliphatic heterocycles. The van der Waals surface area contributed by atoms with E-state index in [-0.39, 0.29) is 0 Å². The number of fused-ring (bicyclic) bond motifs is 3. The lowest BCUT2D eigenvalue weighted by molar-refractivity contribution is 1.18. The summed E-state index contributed by atoms with van der Waals surface area (Å²) in [6.07, 6.45) is 4.33. The molecule has 28 heavy (non-hydrogen) atoms. The quantitative estimate of drug-likeness (QED) is 0.299. The highest BCUT2D eigenvalue weighted by molar-refractivity contribution is 6.09. The molecule has 5 rings (SSSR count). The second kappa shape index (κ2) is 6.86. The van der Waals surface area contributed by atoms with Gasteiger partial charge in [-0.05, 0) is 42.3 Å². The molecular weight excluding hydrogens is 338 g/mol. The van der Waals surface area contributed by atoms with Crippen molar-refractivity contribution in [3.05, 3.63) is 114 Å². The average Bonchev–Trinajstić information content (AvgIpc) is 3.08. The van der Waals surface area contributed by atoms with Crippen LogP contribution in [0.3, 0.4) is 0 Å². The van der Waals surface area contributed by atoms with Crippen molar-refractivity contribution < 1.29 is 0 Å². The van der Waals surface area contributed by atoms with Crippen LogP contribution in [-0.4, -0.2) is 4.57 Å². The van der Waals surface area contributed by atoms with E-state index in [9.17, 15) is 0 Å². The van der Waals surface area contributed by atoms with Gasteiger partial charge in [-0.1, -0.05) is 90.5 Å². The van der Waals surface area contributed by atoms with Crippen molar-refractivity contribution in [3.8, 4) is 5.69 Å². The predicted molar refractivity (Wildman–Crippen MR) is 121 cm³/mol. The zero-order valence-corrected chi connectivity index (χ0v) is 15.8. The lowest BCUT2D eigenvalue weighted by Crippen LogP contribution is -1.93. The van der Waals surface area contributed by atoms with Crippen LogP contribution in [-0.2, 0) is 0 Å². The topological polar surface area (TPSA) is 4.93 Å². The van der Waals surface area contributed by atoms with Gasteiger partial charge in [-0.2, -0.15) is 0 Å². The minimum atomic E-state index is 1.19. The SMILES string of the molecule is Cc1ccc(/C=C/c2ccc(-n3c4ccccc4c4ccccc43)cc2)cc1. The Hall–Kier alpha value is -3.58. The van der Waals surface area contributed by atoms with Crippen LogP contribution in [0.4, 0.5) is 0 Å². The molecule has 134 valence electrons. The Labute approximate surface area is 165 Å². The van der Waals surface area contributed by atoms with Gasteiger partial charge in [0.25, 0.3) is 0 Å². The van der Waals surface area contributed by atoms with Crippen molar-refractivity contribution in [2.24, 2.45) is 0 Å². The second-order valence-corrected chi connectivity index (χ2v) is 7.21. The minimum Gasteiger partial charge on any atom is -0.309 e. The molecule has 0 aliphatic rings. The van der Waals surface area contributed by atoms with Crippen LogP contribution in [0.5, 0.6) is 0 Å². The van der Waals surface area contributed by atoms with Crippen LogP contribution in [0, 0.1) is 6.92 Å². The summed E-state index contributed by atoms with van der Waals surface area (Å²) in [5.41, 5.74) is 7.37. The van der Waals surface area contributed by atoms with Crippen LogP contribution in [0.25, 0.3) is 39.6 Å². The van der Waals surface area contributed by atoms with Crippen LogP contribution >= 0.6 is 0 Å². The highest BCUT2D eigenvalue weighted by atomic mass is 15.0. The first kappa shape index (κ1) is 16.6. The Kier molecular flexibility index (Phi) is 4.06. The van der Waals surface area contributed by atoms with Gasteiger partial charge in [0.05, 0.1) is 11.0 Å². The van der Waals surface area contributed by atoms with E-state index in [1.54, 1.807) is 0 Å². The molecule has 0 spiro atoms. The van der Waals surface area contributed by atoms with E-state index in [4.69, 9.17) is 0 Å². The van der Waals surface area contributed by atoms with Gasteiger partial charge >= 0.3 is 0 Å². The van der Waals surface area contributed by atoms with Gasteiger partial charge in [0, 0.05) is 16.5 Å². The summed E-state index contributed by atoms with van der Waals surface area (Å²) >= 11 is 0. The Bertz CT molecular complexity index is 1230. The lowest BCUT2D eigenvalue weighted by Gasteiger charge is -2.08. The number of nitrogens with zero attached hydrogens (tertiary/aromatic N) is 1. The molecule has 0 bridgehead atoms. The fourth-order valence-corrected chi connectivity index (χ4v) is 3.81. The molecule has 5 aromatic rings. The predicted octanol–water partition coefficient (Wildman–Crippen LogP) is 7.26. The molecule has 0 saturated heterocycles. The number of benzene rings is 4. The first-order valence-electron chi connectivity index (χ1n) is 9.63. The normalized spacial score (nSPS) is 11.6. The maximum Gasteiger partial charge on any atom is 0.0541 e. The van der Waals surface area contributed by atoms with E-state index in [0.29, 0.717) is 0 Å². The van der Waals surface area contributed by atoms with Crippen molar-refractivity contribution in [1.29, 1.82) is 0 Å². The average molecular weight is 359 g/mol. The maximum atomic E-state index is 2.35. The standard InChI is InChI=1S/C27H21N/c1-20-10-12-21(13-11-20)14-15-22-16-18-23(19-17-22)28-26-8-4-2-6-24(26)25-7-3-5-9-27(25)28/h2-19H,1H3/b15-14+. The van der Waals surface area contributed by atoms with Crippen LogP contribution in [0.2, 0.25) is 0 Å². The molecule has 0 N–H and O–H groups in total. The van der Waals surface area contributed by atoms with E-state index in [0.717, 1.165) is 0 Å². The molecule has 1 aromatic heterocycles. The molecule has 1 nitrogen and oxygen atoms in total. The van der Waals surface area contributed by atoms with Gasteiger partial charge in [0.15, 0.2) is 0 Å². The summed E-state index contributed by atoms with van der Waals surface area (Å²) in [5.74, 6) is 0. The molecule has 1 heterocycles. The molecule has 0 amide bonds. The molecule has 4 aromatic carbocycles. The molecule has 0 radical (unpaired) electrons. The number of hydrogen-bond acceptors (Lipinski definition) is 0. The zero-order chi connectivity index (χ0) is 18.9. The third kappa shape index (κ3) is 2.91. The first-order chi connectivity index (χ1) is 13.8. The first-order valence-corrected chi connectivity index (χ1v) is 9.63. The van der Waals surface area contributed by atoms with E-state index >= 15 is 0 Å². The minimum absolute atomic E-state index is 1.19. The summed E-state index contributed by atoms with van der Waals surface area (Å²) in [6.45, 7) is 2.11. The van der Waals surface area contributed by atoms with Gasteiger partial charge in [-0.25, -0.2) is 0 Å². The summed E-state index contributed by atoms with van der Waals surface area (Å²) in [4.78, 5) is 0. The zero-order valence-electron chi connectivity index (χ0n) is 15.8. The summed E-state index contributed by atoms with van der Waals surface area (Å²) < 4.78 is 2.35. The van der Waals surface area contributed by atoms with E-state index in [2.05, 4.69) is 121 Å². The largest absolute Gasteiger partial charge is 0.309 e. The number of hydrogen-bond donors (Lipinski definition) is 0. The highest BCUT2D eigenvalue weighted by Crippen LogP contribution is 2.31. The molecule has 0 fully saturated rings. The smallest absolute Gasteiger partial charge is 0.0541 e. The lowest BCUT2D eigenvalue weighted by atomic mass is 10.1. The molecule has 0 atom stereocenters. The van der Waals surface area contributed by atoms with Crippen molar-refractivity contribution in [3.63, 3.8) is 0 Å². The van der Waals surface area contributed by atoms with E-state index in [1.807, 2.05) is 0 Å². The number of para-hydroxylation sites is 2. The van der Waals surface area contributed by atoms with Crippen molar-refractivity contribution in [2.75, 3.05) is 0 Å². The van der Waals surface area contributed by atoms with Crippen LogP contribution < -0.4 is 0 Å². The summed E-state index contributed by atoms with van der Waals surface area (Å²) in [5, 5.41) is 2.59. The van der Waals surface area contributed by atoms with Crippen molar-refractivity contribution in [2.45, 2.75) is 6.92 Å². The number of aryl methyl sites for hydroxylation is 1. The van der Waals surface area contributed by atoms with Gasteiger partial charge in [-0.15, -0.1) is 0 Å². The van der Waals surface area contributed by atoms with Gasteiger partial charge in [-0.3, -0.25) is 0 Å². The fraction of sp³-hybridized carbons (Fsp3) is 0.0370. The van der Waals surface area contributed by atoms with Crippen LogP contribution in [0.15, 0.2) is 97.1 Å². The van der Waals surface area contributed by atoms with Crippen molar-refractivity contribution >= 4 is 34.0 Å². The molecule has 0 unspecified atom stereocenters. The van der Waals surface area contributed by atoms with Crippen molar-refractivity contribution in [1.82, 2.24) is 4.57 Å². The van der Waals surface area contributed by atoms with E-state index < -0.39 is 0 Å². The van der Waals surface area contributed by atoms with E-state index in [1.165, 1.54) is 44.2 Å². The second-order valence-electron chi connectivity index (χ2n) is 7.21.